The van der Waals surface area contributed by atoms with Crippen LogP contribution in [-0.2, 0) is 16.1 Å². The van der Waals surface area contributed by atoms with Gasteiger partial charge in [-0.1, -0.05) is 30.3 Å². The van der Waals surface area contributed by atoms with Crippen molar-refractivity contribution in [3.05, 3.63) is 35.9 Å². The van der Waals surface area contributed by atoms with Crippen LogP contribution in [0.5, 0.6) is 0 Å². The molecule has 0 unspecified atom stereocenters. The van der Waals surface area contributed by atoms with Gasteiger partial charge in [-0.2, -0.15) is 0 Å². The standard InChI is InChI=1S/C11H12N2O3/c14-10-6-13(11(15)12-10)8-16-7-9-4-2-1-3-5-9/h1-5H,6-8H2,(H,12,14,15). The quantitative estimate of drug-likeness (QED) is 0.760. The SMILES string of the molecule is O=C1CN(COCc2ccccc2)C(=O)N1. The van der Waals surface area contributed by atoms with Crippen molar-refractivity contribution < 1.29 is 14.3 Å². The van der Waals surface area contributed by atoms with Gasteiger partial charge >= 0.3 is 6.03 Å². The number of nitrogens with one attached hydrogen (secondary N) is 1. The zero-order valence-electron chi connectivity index (χ0n) is 8.68. The molecular formula is C11H12N2O3. The topological polar surface area (TPSA) is 58.6 Å². The summed E-state index contributed by atoms with van der Waals surface area (Å²) in [6, 6.07) is 9.26. The highest BCUT2D eigenvalue weighted by Gasteiger charge is 2.26. The molecule has 1 saturated heterocycles. The summed E-state index contributed by atoms with van der Waals surface area (Å²) in [5, 5.41) is 2.18. The minimum Gasteiger partial charge on any atom is -0.356 e. The van der Waals surface area contributed by atoms with Gasteiger partial charge in [0.05, 0.1) is 6.61 Å². The Kier molecular flexibility index (Phi) is 3.16. The maximum absolute atomic E-state index is 11.1. The molecule has 0 spiro atoms. The van der Waals surface area contributed by atoms with E-state index < -0.39 is 6.03 Å². The van der Waals surface area contributed by atoms with E-state index in [4.69, 9.17) is 4.74 Å². The fourth-order valence-electron chi connectivity index (χ4n) is 1.44. The van der Waals surface area contributed by atoms with E-state index in [1.807, 2.05) is 30.3 Å². The number of carbonyl (C=O) groups excluding carboxylic acids is 2. The number of rotatable bonds is 4. The van der Waals surface area contributed by atoms with Gasteiger partial charge in [-0.25, -0.2) is 4.79 Å². The van der Waals surface area contributed by atoms with Crippen molar-refractivity contribution in [3.8, 4) is 0 Å². The molecule has 1 aliphatic heterocycles. The number of amides is 3. The third-order valence-electron chi connectivity index (χ3n) is 2.23. The van der Waals surface area contributed by atoms with Gasteiger partial charge in [0.25, 0.3) is 0 Å². The van der Waals surface area contributed by atoms with Gasteiger partial charge in [0, 0.05) is 0 Å². The summed E-state index contributed by atoms with van der Waals surface area (Å²) in [5.41, 5.74) is 1.04. The van der Waals surface area contributed by atoms with Crippen LogP contribution in [0.25, 0.3) is 0 Å². The highest BCUT2D eigenvalue weighted by molar-refractivity contribution is 6.01. The molecule has 84 valence electrons. The number of hydrogen-bond acceptors (Lipinski definition) is 3. The summed E-state index contributed by atoms with van der Waals surface area (Å²) >= 11 is 0. The van der Waals surface area contributed by atoms with Gasteiger partial charge in [-0.3, -0.25) is 15.0 Å². The van der Waals surface area contributed by atoms with Gasteiger partial charge < -0.3 is 4.74 Å². The number of benzene rings is 1. The summed E-state index contributed by atoms with van der Waals surface area (Å²) in [6.45, 7) is 0.638. The molecule has 0 aliphatic carbocycles. The first-order valence-corrected chi connectivity index (χ1v) is 4.96. The summed E-state index contributed by atoms with van der Waals surface area (Å²) in [5.74, 6) is -0.284. The second-order valence-corrected chi connectivity index (χ2v) is 3.51. The van der Waals surface area contributed by atoms with Gasteiger partial charge in [0.2, 0.25) is 5.91 Å². The average molecular weight is 220 g/mol. The lowest BCUT2D eigenvalue weighted by atomic mass is 10.2. The van der Waals surface area contributed by atoms with Crippen LogP contribution < -0.4 is 5.32 Å². The van der Waals surface area contributed by atoms with Gasteiger partial charge in [-0.15, -0.1) is 0 Å². The Bertz CT molecular complexity index is 391. The third-order valence-corrected chi connectivity index (χ3v) is 2.23. The minimum atomic E-state index is -0.391. The van der Waals surface area contributed by atoms with Crippen molar-refractivity contribution in [2.24, 2.45) is 0 Å². The Balaban J connectivity index is 1.76. The smallest absolute Gasteiger partial charge is 0.326 e. The van der Waals surface area contributed by atoms with Crippen LogP contribution in [0, 0.1) is 0 Å². The molecule has 3 amide bonds. The van der Waals surface area contributed by atoms with Gasteiger partial charge in [0.1, 0.15) is 13.3 Å². The molecule has 0 radical (unpaired) electrons. The first-order chi connectivity index (χ1) is 7.75. The van der Waals surface area contributed by atoms with E-state index in [0.29, 0.717) is 6.61 Å². The van der Waals surface area contributed by atoms with Crippen molar-refractivity contribution in [2.75, 3.05) is 13.3 Å². The molecular weight excluding hydrogens is 208 g/mol. The van der Waals surface area contributed by atoms with Crippen molar-refractivity contribution >= 4 is 11.9 Å². The van der Waals surface area contributed by atoms with Crippen LogP contribution in [0.4, 0.5) is 4.79 Å². The molecule has 1 fully saturated rings. The van der Waals surface area contributed by atoms with E-state index in [-0.39, 0.29) is 19.2 Å². The molecule has 1 N–H and O–H groups in total. The Morgan fingerprint density at radius 1 is 1.25 bits per heavy atom. The fraction of sp³-hybridized carbons (Fsp3) is 0.273. The molecule has 5 nitrogen and oxygen atoms in total. The predicted molar refractivity (Wildman–Crippen MR) is 56.3 cm³/mol. The van der Waals surface area contributed by atoms with E-state index in [9.17, 15) is 9.59 Å². The summed E-state index contributed by atoms with van der Waals surface area (Å²) < 4.78 is 5.34. The normalized spacial score (nSPS) is 15.4. The lowest BCUT2D eigenvalue weighted by molar-refractivity contribution is -0.118. The molecule has 5 heteroatoms. The van der Waals surface area contributed by atoms with Crippen LogP contribution >= 0.6 is 0 Å². The van der Waals surface area contributed by atoms with Crippen molar-refractivity contribution in [1.82, 2.24) is 10.2 Å². The Morgan fingerprint density at radius 2 is 2.00 bits per heavy atom. The number of ether oxygens (including phenoxy) is 1. The molecule has 0 aromatic heterocycles. The molecule has 1 aromatic carbocycles. The highest BCUT2D eigenvalue weighted by atomic mass is 16.5. The largest absolute Gasteiger partial charge is 0.356 e. The Hall–Kier alpha value is -1.88. The Labute approximate surface area is 93.0 Å². The van der Waals surface area contributed by atoms with E-state index >= 15 is 0 Å². The predicted octanol–water partition coefficient (Wildman–Crippen LogP) is 0.712. The molecule has 0 atom stereocenters. The first kappa shape index (κ1) is 10.6. The molecule has 2 rings (SSSR count). The first-order valence-electron chi connectivity index (χ1n) is 4.96. The average Bonchev–Trinajstić information content (AvgIpc) is 2.59. The zero-order valence-corrected chi connectivity index (χ0v) is 8.68. The zero-order chi connectivity index (χ0) is 11.4. The maximum atomic E-state index is 11.1. The van der Waals surface area contributed by atoms with E-state index in [1.165, 1.54) is 4.90 Å². The fourth-order valence-corrected chi connectivity index (χ4v) is 1.44. The number of urea groups is 1. The molecule has 0 saturated carbocycles. The van der Waals surface area contributed by atoms with Crippen molar-refractivity contribution in [3.63, 3.8) is 0 Å². The maximum Gasteiger partial charge on any atom is 0.326 e. The lowest BCUT2D eigenvalue weighted by Crippen LogP contribution is -2.30. The summed E-state index contributed by atoms with van der Waals surface area (Å²) in [4.78, 5) is 23.3. The second kappa shape index (κ2) is 4.76. The molecule has 1 heterocycles. The van der Waals surface area contributed by atoms with E-state index in [2.05, 4.69) is 5.32 Å². The summed E-state index contributed by atoms with van der Waals surface area (Å²) in [7, 11) is 0. The summed E-state index contributed by atoms with van der Waals surface area (Å²) in [6.07, 6.45) is 0. The second-order valence-electron chi connectivity index (χ2n) is 3.51. The van der Waals surface area contributed by atoms with Gasteiger partial charge in [-0.05, 0) is 5.56 Å². The Morgan fingerprint density at radius 3 is 2.62 bits per heavy atom. The van der Waals surface area contributed by atoms with E-state index in [0.717, 1.165) is 5.56 Å². The molecule has 0 bridgehead atoms. The number of imide groups is 1. The van der Waals surface area contributed by atoms with Gasteiger partial charge in [0.15, 0.2) is 0 Å². The van der Waals surface area contributed by atoms with Crippen LogP contribution in [-0.4, -0.2) is 30.1 Å². The van der Waals surface area contributed by atoms with Crippen LogP contribution in [0.1, 0.15) is 5.56 Å². The number of carbonyl (C=O) groups is 2. The lowest BCUT2D eigenvalue weighted by Gasteiger charge is -2.13. The number of nitrogens with zero attached hydrogens (tertiary/aromatic N) is 1. The molecule has 1 aliphatic rings. The monoisotopic (exact) mass is 220 g/mol. The van der Waals surface area contributed by atoms with E-state index in [1.54, 1.807) is 0 Å². The number of hydrogen-bond donors (Lipinski definition) is 1. The van der Waals surface area contributed by atoms with Crippen LogP contribution in [0.2, 0.25) is 0 Å². The van der Waals surface area contributed by atoms with Crippen molar-refractivity contribution in [2.45, 2.75) is 6.61 Å². The van der Waals surface area contributed by atoms with Crippen LogP contribution in [0.3, 0.4) is 0 Å². The highest BCUT2D eigenvalue weighted by Crippen LogP contribution is 2.03. The van der Waals surface area contributed by atoms with Crippen LogP contribution in [0.15, 0.2) is 30.3 Å². The third kappa shape index (κ3) is 2.58. The molecule has 16 heavy (non-hydrogen) atoms. The minimum absolute atomic E-state index is 0.0770. The molecule has 1 aromatic rings. The van der Waals surface area contributed by atoms with Crippen molar-refractivity contribution in [1.29, 1.82) is 0 Å².